The van der Waals surface area contributed by atoms with E-state index in [-0.39, 0.29) is 11.4 Å². The second kappa shape index (κ2) is 6.56. The number of para-hydroxylation sites is 1. The third-order valence-electron chi connectivity index (χ3n) is 3.03. The molecule has 0 saturated heterocycles. The van der Waals surface area contributed by atoms with Gasteiger partial charge in [0, 0.05) is 23.8 Å². The average Bonchev–Trinajstić information content (AvgIpc) is 2.48. The summed E-state index contributed by atoms with van der Waals surface area (Å²) in [7, 11) is 0. The van der Waals surface area contributed by atoms with Crippen molar-refractivity contribution in [3.8, 4) is 0 Å². The van der Waals surface area contributed by atoms with E-state index >= 15 is 0 Å². The van der Waals surface area contributed by atoms with Crippen molar-refractivity contribution in [3.05, 3.63) is 48.4 Å². The lowest BCUT2D eigenvalue weighted by Gasteiger charge is -2.23. The number of rotatable bonds is 4. The van der Waals surface area contributed by atoms with Crippen LogP contribution in [0.25, 0.3) is 0 Å². The Morgan fingerprint density at radius 3 is 2.45 bits per heavy atom. The molecule has 0 fully saturated rings. The van der Waals surface area contributed by atoms with Crippen LogP contribution in [0, 0.1) is 0 Å². The van der Waals surface area contributed by atoms with Crippen molar-refractivity contribution in [2.24, 2.45) is 0 Å². The summed E-state index contributed by atoms with van der Waals surface area (Å²) in [4.78, 5) is 22.7. The fraction of sp³-hybridized carbons (Fsp3) is 0.353. The molecule has 5 heteroatoms. The van der Waals surface area contributed by atoms with Crippen LogP contribution in [0.5, 0.6) is 0 Å². The highest BCUT2D eigenvalue weighted by molar-refractivity contribution is 5.93. The molecule has 0 bridgehead atoms. The van der Waals surface area contributed by atoms with Crippen LogP contribution < -0.4 is 10.2 Å². The number of nitrogens with one attached hydrogen (secondary N) is 1. The van der Waals surface area contributed by atoms with Crippen LogP contribution >= 0.6 is 0 Å². The highest BCUT2D eigenvalue weighted by Crippen LogP contribution is 2.22. The number of amides is 1. The Kier molecular flexibility index (Phi) is 4.75. The first-order chi connectivity index (χ1) is 10.4. The van der Waals surface area contributed by atoms with Crippen molar-refractivity contribution < 1.29 is 4.79 Å². The quantitative estimate of drug-likeness (QED) is 0.942. The molecule has 2 aromatic rings. The number of carbonyl (C=O) groups is 1. The SMILES string of the molecule is CCN(c1ccccc1)c1cc(C(=O)NC(C)(C)C)ncn1. The molecule has 0 aliphatic carbocycles. The first-order valence-electron chi connectivity index (χ1n) is 7.38. The second-order valence-electron chi connectivity index (χ2n) is 6.05. The highest BCUT2D eigenvalue weighted by Gasteiger charge is 2.18. The Labute approximate surface area is 131 Å². The van der Waals surface area contributed by atoms with Crippen LogP contribution in [0.1, 0.15) is 38.2 Å². The van der Waals surface area contributed by atoms with Gasteiger partial charge in [0.2, 0.25) is 0 Å². The summed E-state index contributed by atoms with van der Waals surface area (Å²) >= 11 is 0. The fourth-order valence-electron chi connectivity index (χ4n) is 2.11. The summed E-state index contributed by atoms with van der Waals surface area (Å²) in [6.07, 6.45) is 1.43. The smallest absolute Gasteiger partial charge is 0.270 e. The van der Waals surface area contributed by atoms with Gasteiger partial charge >= 0.3 is 0 Å². The maximum absolute atomic E-state index is 12.2. The van der Waals surface area contributed by atoms with Gasteiger partial charge in [-0.15, -0.1) is 0 Å². The first-order valence-corrected chi connectivity index (χ1v) is 7.38. The molecule has 0 radical (unpaired) electrons. The van der Waals surface area contributed by atoms with Crippen LogP contribution in [-0.4, -0.2) is 28.0 Å². The minimum absolute atomic E-state index is 0.194. The number of anilines is 2. The summed E-state index contributed by atoms with van der Waals surface area (Å²) in [5, 5.41) is 2.91. The molecular weight excluding hydrogens is 276 g/mol. The Morgan fingerprint density at radius 2 is 1.86 bits per heavy atom. The van der Waals surface area contributed by atoms with Gasteiger partial charge in [0.15, 0.2) is 0 Å². The molecule has 1 N–H and O–H groups in total. The van der Waals surface area contributed by atoms with Crippen LogP contribution in [0.15, 0.2) is 42.7 Å². The predicted octanol–water partition coefficient (Wildman–Crippen LogP) is 3.16. The van der Waals surface area contributed by atoms with E-state index in [1.54, 1.807) is 6.07 Å². The summed E-state index contributed by atoms with van der Waals surface area (Å²) in [6, 6.07) is 11.7. The molecule has 1 aromatic heterocycles. The van der Waals surface area contributed by atoms with E-state index in [0.29, 0.717) is 11.5 Å². The molecule has 116 valence electrons. The molecule has 1 aromatic carbocycles. The Balaban J connectivity index is 2.29. The van der Waals surface area contributed by atoms with Crippen molar-refractivity contribution >= 4 is 17.4 Å². The van der Waals surface area contributed by atoms with E-state index in [1.165, 1.54) is 6.33 Å². The maximum atomic E-state index is 12.2. The van der Waals surface area contributed by atoms with Crippen molar-refractivity contribution in [2.45, 2.75) is 33.2 Å². The van der Waals surface area contributed by atoms with Crippen molar-refractivity contribution in [1.29, 1.82) is 0 Å². The zero-order chi connectivity index (χ0) is 16.2. The van der Waals surface area contributed by atoms with Gasteiger partial charge in [-0.25, -0.2) is 9.97 Å². The van der Waals surface area contributed by atoms with Gasteiger partial charge in [-0.1, -0.05) is 18.2 Å². The standard InChI is InChI=1S/C17H22N4O/c1-5-21(13-9-7-6-8-10-13)15-11-14(18-12-19-15)16(22)20-17(2,3)4/h6-12H,5H2,1-4H3,(H,20,22). The van der Waals surface area contributed by atoms with Gasteiger partial charge in [-0.05, 0) is 39.8 Å². The molecule has 1 amide bonds. The molecule has 22 heavy (non-hydrogen) atoms. The van der Waals surface area contributed by atoms with Gasteiger partial charge in [0.1, 0.15) is 17.8 Å². The van der Waals surface area contributed by atoms with Crippen LogP contribution in [0.3, 0.4) is 0 Å². The van der Waals surface area contributed by atoms with E-state index in [9.17, 15) is 4.79 Å². The van der Waals surface area contributed by atoms with Gasteiger partial charge < -0.3 is 10.2 Å². The topological polar surface area (TPSA) is 58.1 Å². The lowest BCUT2D eigenvalue weighted by molar-refractivity contribution is 0.0914. The van der Waals surface area contributed by atoms with Gasteiger partial charge in [-0.2, -0.15) is 0 Å². The lowest BCUT2D eigenvalue weighted by atomic mass is 10.1. The Bertz CT molecular complexity index is 635. The largest absolute Gasteiger partial charge is 0.346 e. The number of hydrogen-bond acceptors (Lipinski definition) is 4. The summed E-state index contributed by atoms with van der Waals surface area (Å²) in [5.41, 5.74) is 1.10. The molecular formula is C17H22N4O. The molecule has 0 aliphatic heterocycles. The number of aromatic nitrogens is 2. The first kappa shape index (κ1) is 15.9. The van der Waals surface area contributed by atoms with Gasteiger partial charge in [-0.3, -0.25) is 4.79 Å². The summed E-state index contributed by atoms with van der Waals surface area (Å²) in [5.74, 6) is 0.517. The Morgan fingerprint density at radius 1 is 1.18 bits per heavy atom. The average molecular weight is 298 g/mol. The normalized spacial score (nSPS) is 11.1. The molecule has 0 saturated carbocycles. The number of carbonyl (C=O) groups excluding carboxylic acids is 1. The molecule has 0 atom stereocenters. The molecule has 5 nitrogen and oxygen atoms in total. The minimum atomic E-state index is -0.300. The zero-order valence-electron chi connectivity index (χ0n) is 13.5. The molecule has 0 unspecified atom stereocenters. The molecule has 0 spiro atoms. The van der Waals surface area contributed by atoms with Crippen molar-refractivity contribution in [3.63, 3.8) is 0 Å². The second-order valence-corrected chi connectivity index (χ2v) is 6.05. The lowest BCUT2D eigenvalue weighted by Crippen LogP contribution is -2.41. The van der Waals surface area contributed by atoms with E-state index in [0.717, 1.165) is 12.2 Å². The van der Waals surface area contributed by atoms with Crippen LogP contribution in [-0.2, 0) is 0 Å². The van der Waals surface area contributed by atoms with Gasteiger partial charge in [0.05, 0.1) is 0 Å². The number of hydrogen-bond donors (Lipinski definition) is 1. The highest BCUT2D eigenvalue weighted by atomic mass is 16.2. The number of nitrogens with zero attached hydrogens (tertiary/aromatic N) is 3. The number of benzene rings is 1. The predicted molar refractivity (Wildman–Crippen MR) is 88.4 cm³/mol. The third kappa shape index (κ3) is 4.04. The third-order valence-corrected chi connectivity index (χ3v) is 3.03. The zero-order valence-corrected chi connectivity index (χ0v) is 13.5. The molecule has 2 rings (SSSR count). The Hall–Kier alpha value is -2.43. The van der Waals surface area contributed by atoms with E-state index in [2.05, 4.69) is 15.3 Å². The van der Waals surface area contributed by atoms with Gasteiger partial charge in [0.25, 0.3) is 5.91 Å². The maximum Gasteiger partial charge on any atom is 0.270 e. The van der Waals surface area contributed by atoms with Crippen molar-refractivity contribution in [1.82, 2.24) is 15.3 Å². The summed E-state index contributed by atoms with van der Waals surface area (Å²) in [6.45, 7) is 8.62. The van der Waals surface area contributed by atoms with Crippen LogP contribution in [0.2, 0.25) is 0 Å². The van der Waals surface area contributed by atoms with Crippen LogP contribution in [0.4, 0.5) is 11.5 Å². The van der Waals surface area contributed by atoms with E-state index in [4.69, 9.17) is 0 Å². The monoisotopic (exact) mass is 298 g/mol. The minimum Gasteiger partial charge on any atom is -0.346 e. The fourth-order valence-corrected chi connectivity index (χ4v) is 2.11. The molecule has 1 heterocycles. The molecule has 0 aliphatic rings. The summed E-state index contributed by atoms with van der Waals surface area (Å²) < 4.78 is 0. The van der Waals surface area contributed by atoms with Crippen molar-refractivity contribution in [2.75, 3.05) is 11.4 Å². The van der Waals surface area contributed by atoms with E-state index < -0.39 is 0 Å². The van der Waals surface area contributed by atoms with E-state index in [1.807, 2.05) is 62.9 Å².